The van der Waals surface area contributed by atoms with Crippen molar-refractivity contribution in [3.05, 3.63) is 52.7 Å². The summed E-state index contributed by atoms with van der Waals surface area (Å²) >= 11 is 0. The maximum Gasteiger partial charge on any atom is 0.337 e. The van der Waals surface area contributed by atoms with Crippen LogP contribution < -0.4 is 4.90 Å². The molecule has 138 valence electrons. The van der Waals surface area contributed by atoms with Crippen LogP contribution in [-0.4, -0.2) is 22.1 Å². The second kappa shape index (κ2) is 7.10. The maximum absolute atomic E-state index is 11.1. The molecule has 4 nitrogen and oxygen atoms in total. The highest BCUT2D eigenvalue weighted by molar-refractivity contribution is 5.87. The Labute approximate surface area is 155 Å². The summed E-state index contributed by atoms with van der Waals surface area (Å²) < 4.78 is 0. The first kappa shape index (κ1) is 18.4. The summed E-state index contributed by atoms with van der Waals surface area (Å²) in [6.45, 7) is 10.9. The Bertz CT molecular complexity index is 806. The lowest BCUT2D eigenvalue weighted by atomic mass is 9.91. The molecule has 1 aromatic carbocycles. The Hall–Kier alpha value is -2.36. The van der Waals surface area contributed by atoms with Crippen molar-refractivity contribution in [3.8, 4) is 0 Å². The number of aromatic nitrogens is 1. The molecule has 0 atom stereocenters. The number of benzene rings is 1. The van der Waals surface area contributed by atoms with Crippen molar-refractivity contribution >= 4 is 17.5 Å². The third kappa shape index (κ3) is 3.59. The van der Waals surface area contributed by atoms with E-state index < -0.39 is 5.97 Å². The predicted octanol–water partition coefficient (Wildman–Crippen LogP) is 5.64. The number of carboxylic acids is 1. The van der Waals surface area contributed by atoms with Crippen LogP contribution in [0.2, 0.25) is 0 Å². The number of hydrogen-bond acceptors (Lipinski definition) is 3. The monoisotopic (exact) mass is 352 g/mol. The van der Waals surface area contributed by atoms with Gasteiger partial charge in [0.1, 0.15) is 5.82 Å². The van der Waals surface area contributed by atoms with E-state index in [1.165, 1.54) is 35.7 Å². The van der Waals surface area contributed by atoms with Gasteiger partial charge in [-0.15, -0.1) is 0 Å². The van der Waals surface area contributed by atoms with Crippen molar-refractivity contribution in [2.75, 3.05) is 4.90 Å². The van der Waals surface area contributed by atoms with E-state index in [1.807, 2.05) is 0 Å². The summed E-state index contributed by atoms with van der Waals surface area (Å²) in [5.74, 6) is 1.02. The summed E-state index contributed by atoms with van der Waals surface area (Å²) in [5.41, 5.74) is 5.53. The van der Waals surface area contributed by atoms with E-state index in [2.05, 4.69) is 56.6 Å². The van der Waals surface area contributed by atoms with Crippen LogP contribution in [0.15, 0.2) is 30.5 Å². The van der Waals surface area contributed by atoms with Crippen LogP contribution in [0.25, 0.3) is 0 Å². The average molecular weight is 352 g/mol. The summed E-state index contributed by atoms with van der Waals surface area (Å²) in [5, 5.41) is 9.12. The van der Waals surface area contributed by atoms with Crippen LogP contribution >= 0.6 is 0 Å². The molecule has 3 rings (SSSR count). The Morgan fingerprint density at radius 1 is 1.19 bits per heavy atom. The molecule has 2 aromatic rings. The molecule has 1 saturated carbocycles. The largest absolute Gasteiger partial charge is 0.478 e. The summed E-state index contributed by atoms with van der Waals surface area (Å²) in [7, 11) is 0. The fourth-order valence-corrected chi connectivity index (χ4v) is 3.56. The highest BCUT2D eigenvalue weighted by Gasteiger charge is 2.28. The second-order valence-corrected chi connectivity index (χ2v) is 7.87. The average Bonchev–Trinajstić information content (AvgIpc) is 3.41. The van der Waals surface area contributed by atoms with E-state index in [-0.39, 0.29) is 11.6 Å². The molecule has 0 unspecified atom stereocenters. The van der Waals surface area contributed by atoms with Gasteiger partial charge in [-0.05, 0) is 80.3 Å². The molecule has 1 fully saturated rings. The molecule has 1 aliphatic carbocycles. The number of rotatable bonds is 6. The molecular formula is C22H28N2O2. The van der Waals surface area contributed by atoms with Gasteiger partial charge in [-0.2, -0.15) is 0 Å². The minimum absolute atomic E-state index is 0.209. The van der Waals surface area contributed by atoms with E-state index in [1.54, 1.807) is 12.1 Å². The SMILES string of the molecule is Cc1cc(C2CC2)c(C(C)C)cc1N(c1ccc(C(=O)O)cn1)C(C)C. The summed E-state index contributed by atoms with van der Waals surface area (Å²) in [6.07, 6.45) is 4.03. The fourth-order valence-electron chi connectivity index (χ4n) is 3.56. The lowest BCUT2D eigenvalue weighted by molar-refractivity contribution is 0.0696. The molecule has 0 saturated heterocycles. The van der Waals surface area contributed by atoms with Gasteiger partial charge < -0.3 is 10.0 Å². The fraction of sp³-hybridized carbons (Fsp3) is 0.455. The van der Waals surface area contributed by atoms with Gasteiger partial charge >= 0.3 is 5.97 Å². The smallest absolute Gasteiger partial charge is 0.337 e. The molecule has 0 aliphatic heterocycles. The summed E-state index contributed by atoms with van der Waals surface area (Å²) in [4.78, 5) is 17.7. The van der Waals surface area contributed by atoms with Gasteiger partial charge in [0, 0.05) is 17.9 Å². The minimum atomic E-state index is -0.952. The molecule has 1 N–H and O–H groups in total. The predicted molar refractivity (Wildman–Crippen MR) is 106 cm³/mol. The van der Waals surface area contributed by atoms with Gasteiger partial charge in [0.2, 0.25) is 0 Å². The normalized spacial score (nSPS) is 14.1. The number of carbonyl (C=O) groups is 1. The van der Waals surface area contributed by atoms with Crippen LogP contribution in [0.3, 0.4) is 0 Å². The number of aromatic carboxylic acids is 1. The van der Waals surface area contributed by atoms with Gasteiger partial charge in [-0.25, -0.2) is 9.78 Å². The lowest BCUT2D eigenvalue weighted by Crippen LogP contribution is -2.27. The number of carboxylic acid groups (broad SMARTS) is 1. The minimum Gasteiger partial charge on any atom is -0.478 e. The van der Waals surface area contributed by atoms with E-state index in [0.29, 0.717) is 5.92 Å². The number of anilines is 2. The topological polar surface area (TPSA) is 53.4 Å². The maximum atomic E-state index is 11.1. The van der Waals surface area contributed by atoms with E-state index in [9.17, 15) is 4.79 Å². The van der Waals surface area contributed by atoms with Crippen molar-refractivity contribution in [1.82, 2.24) is 4.98 Å². The van der Waals surface area contributed by atoms with Crippen LogP contribution in [0.5, 0.6) is 0 Å². The van der Waals surface area contributed by atoms with Crippen molar-refractivity contribution in [3.63, 3.8) is 0 Å². The number of pyridine rings is 1. The van der Waals surface area contributed by atoms with Crippen molar-refractivity contribution in [1.29, 1.82) is 0 Å². The van der Waals surface area contributed by atoms with E-state index in [0.717, 1.165) is 17.4 Å². The molecule has 26 heavy (non-hydrogen) atoms. The number of hydrogen-bond donors (Lipinski definition) is 1. The Kier molecular flexibility index (Phi) is 5.03. The molecule has 1 heterocycles. The van der Waals surface area contributed by atoms with Crippen molar-refractivity contribution in [2.45, 2.75) is 65.3 Å². The van der Waals surface area contributed by atoms with Crippen LogP contribution in [0.4, 0.5) is 11.5 Å². The molecule has 0 bridgehead atoms. The molecule has 0 amide bonds. The molecule has 1 aliphatic rings. The Morgan fingerprint density at radius 3 is 2.35 bits per heavy atom. The zero-order chi connectivity index (χ0) is 19.0. The first-order chi connectivity index (χ1) is 12.3. The van der Waals surface area contributed by atoms with Crippen molar-refractivity contribution in [2.24, 2.45) is 0 Å². The number of aryl methyl sites for hydroxylation is 1. The van der Waals surface area contributed by atoms with Gasteiger partial charge in [0.05, 0.1) is 5.56 Å². The molecule has 0 radical (unpaired) electrons. The second-order valence-electron chi connectivity index (χ2n) is 7.87. The Morgan fingerprint density at radius 2 is 1.88 bits per heavy atom. The van der Waals surface area contributed by atoms with Gasteiger partial charge in [-0.1, -0.05) is 19.9 Å². The zero-order valence-electron chi connectivity index (χ0n) is 16.3. The van der Waals surface area contributed by atoms with Gasteiger partial charge in [0.15, 0.2) is 0 Å². The Balaban J connectivity index is 2.07. The lowest BCUT2D eigenvalue weighted by Gasteiger charge is -2.31. The highest BCUT2D eigenvalue weighted by Crippen LogP contribution is 2.45. The molecule has 4 heteroatoms. The van der Waals surface area contributed by atoms with E-state index in [4.69, 9.17) is 5.11 Å². The van der Waals surface area contributed by atoms with Crippen LogP contribution in [-0.2, 0) is 0 Å². The first-order valence-corrected chi connectivity index (χ1v) is 9.42. The molecule has 0 spiro atoms. The van der Waals surface area contributed by atoms with Gasteiger partial charge in [0.25, 0.3) is 0 Å². The molecule has 1 aromatic heterocycles. The molecular weight excluding hydrogens is 324 g/mol. The highest BCUT2D eigenvalue weighted by atomic mass is 16.4. The third-order valence-corrected chi connectivity index (χ3v) is 5.06. The van der Waals surface area contributed by atoms with Crippen LogP contribution in [0, 0.1) is 6.92 Å². The van der Waals surface area contributed by atoms with Crippen LogP contribution in [0.1, 0.15) is 79.4 Å². The standard InChI is InChI=1S/C22H28N2O2/c1-13(2)18-11-20(15(5)10-19(18)16-6-7-16)24(14(3)4)21-9-8-17(12-23-21)22(25)26/h8-14,16H,6-7H2,1-5H3,(H,25,26). The third-order valence-electron chi connectivity index (χ3n) is 5.06. The van der Waals surface area contributed by atoms with Gasteiger partial charge in [-0.3, -0.25) is 0 Å². The van der Waals surface area contributed by atoms with E-state index >= 15 is 0 Å². The van der Waals surface area contributed by atoms with Crippen molar-refractivity contribution < 1.29 is 9.90 Å². The number of nitrogens with zero attached hydrogens (tertiary/aromatic N) is 2. The summed E-state index contributed by atoms with van der Waals surface area (Å²) in [6, 6.07) is 8.30. The quantitative estimate of drug-likeness (QED) is 0.731. The first-order valence-electron chi connectivity index (χ1n) is 9.42. The zero-order valence-corrected chi connectivity index (χ0v) is 16.3.